The van der Waals surface area contributed by atoms with Crippen LogP contribution >= 0.6 is 0 Å². The van der Waals surface area contributed by atoms with Gasteiger partial charge in [0.05, 0.1) is 21.3 Å². The van der Waals surface area contributed by atoms with E-state index >= 15 is 0 Å². The molecule has 0 bridgehead atoms. The molecule has 32 heavy (non-hydrogen) atoms. The highest BCUT2D eigenvalue weighted by Gasteiger charge is 2.25. The van der Waals surface area contributed by atoms with Crippen molar-refractivity contribution in [2.45, 2.75) is 24.8 Å². The first kappa shape index (κ1) is 23.6. The number of fused-ring (bicyclic) bond motifs is 1. The molecule has 172 valence electrons. The van der Waals surface area contributed by atoms with Crippen LogP contribution in [0.4, 0.5) is 0 Å². The van der Waals surface area contributed by atoms with Crippen molar-refractivity contribution in [3.8, 4) is 28.7 Å². The maximum atomic E-state index is 13.1. The Kier molecular flexibility index (Phi) is 7.74. The molecule has 0 N–H and O–H groups in total. The highest BCUT2D eigenvalue weighted by atomic mass is 32.2. The minimum atomic E-state index is -0.606. The van der Waals surface area contributed by atoms with Crippen molar-refractivity contribution in [1.82, 2.24) is 9.55 Å². The van der Waals surface area contributed by atoms with Crippen LogP contribution in [0.2, 0.25) is 0 Å². The van der Waals surface area contributed by atoms with Gasteiger partial charge in [0.2, 0.25) is 10.6 Å². The number of rotatable bonds is 10. The molecule has 0 spiro atoms. The van der Waals surface area contributed by atoms with Gasteiger partial charge in [0.15, 0.2) is 11.5 Å². The van der Waals surface area contributed by atoms with Crippen LogP contribution in [0.3, 0.4) is 0 Å². The highest BCUT2D eigenvalue weighted by molar-refractivity contribution is 7.96. The van der Waals surface area contributed by atoms with Crippen LogP contribution in [0.15, 0.2) is 40.2 Å². The van der Waals surface area contributed by atoms with E-state index in [0.717, 1.165) is 6.42 Å². The van der Waals surface area contributed by atoms with Gasteiger partial charge in [-0.2, -0.15) is 0 Å². The first-order chi connectivity index (χ1) is 15.5. The Morgan fingerprint density at radius 3 is 2.41 bits per heavy atom. The Hall–Kier alpha value is -3.07. The van der Waals surface area contributed by atoms with E-state index in [2.05, 4.69) is 4.98 Å². The van der Waals surface area contributed by atoms with E-state index in [4.69, 9.17) is 18.9 Å². The van der Waals surface area contributed by atoms with Gasteiger partial charge < -0.3 is 24.1 Å². The summed E-state index contributed by atoms with van der Waals surface area (Å²) in [6.07, 6.45) is 4.27. The topological polar surface area (TPSA) is 94.9 Å². The molecule has 0 saturated heterocycles. The third-order valence-corrected chi connectivity index (χ3v) is 6.86. The largest absolute Gasteiger partial charge is 0.868 e. The van der Waals surface area contributed by atoms with Crippen LogP contribution in [0.25, 0.3) is 11.0 Å². The number of aryl methyl sites for hydroxylation is 1. The van der Waals surface area contributed by atoms with Crippen LogP contribution in [0.5, 0.6) is 28.7 Å². The first-order valence-corrected chi connectivity index (χ1v) is 12.0. The average Bonchev–Trinajstić information content (AvgIpc) is 2.81. The van der Waals surface area contributed by atoms with E-state index in [1.165, 1.54) is 21.3 Å². The van der Waals surface area contributed by atoms with Gasteiger partial charge in [-0.25, -0.2) is 4.98 Å². The molecule has 0 aliphatic carbocycles. The normalized spacial score (nSPS) is 11.9. The van der Waals surface area contributed by atoms with E-state index < -0.39 is 10.9 Å². The van der Waals surface area contributed by atoms with Gasteiger partial charge >= 0.3 is 5.56 Å². The van der Waals surface area contributed by atoms with Crippen molar-refractivity contribution >= 4 is 21.9 Å². The molecule has 8 nitrogen and oxygen atoms in total. The van der Waals surface area contributed by atoms with Crippen molar-refractivity contribution < 1.29 is 24.1 Å². The predicted octanol–water partition coefficient (Wildman–Crippen LogP) is 2.59. The van der Waals surface area contributed by atoms with Gasteiger partial charge in [-0.3, -0.25) is 9.36 Å². The Balaban J connectivity index is 1.84. The summed E-state index contributed by atoms with van der Waals surface area (Å²) >= 11 is 0. The number of nitrogens with zero attached hydrogens (tertiary/aromatic N) is 2. The second kappa shape index (κ2) is 10.5. The summed E-state index contributed by atoms with van der Waals surface area (Å²) in [7, 11) is 4.01. The number of methoxy groups -OCH3 is 3. The summed E-state index contributed by atoms with van der Waals surface area (Å²) in [6, 6.07) is 6.87. The lowest BCUT2D eigenvalue weighted by Gasteiger charge is -2.18. The zero-order chi connectivity index (χ0) is 23.3. The number of benzene rings is 1. The number of hydrogen-bond donors (Lipinski definition) is 0. The smallest absolute Gasteiger partial charge is 0.306 e. The van der Waals surface area contributed by atoms with E-state index in [1.807, 2.05) is 13.2 Å². The van der Waals surface area contributed by atoms with Crippen LogP contribution in [-0.4, -0.2) is 49.5 Å². The van der Waals surface area contributed by atoms with Crippen molar-refractivity contribution in [2.24, 2.45) is 0 Å². The molecule has 1 unspecified atom stereocenters. The van der Waals surface area contributed by atoms with Gasteiger partial charge in [0, 0.05) is 41.2 Å². The molecule has 1 atom stereocenters. The summed E-state index contributed by atoms with van der Waals surface area (Å²) in [4.78, 5) is 17.7. The van der Waals surface area contributed by atoms with Gasteiger partial charge in [0.1, 0.15) is 30.0 Å². The van der Waals surface area contributed by atoms with Crippen LogP contribution in [-0.2, 0) is 17.4 Å². The molecule has 2 heterocycles. The molecule has 0 fully saturated rings. The van der Waals surface area contributed by atoms with Gasteiger partial charge in [-0.15, -0.1) is 0 Å². The maximum Gasteiger partial charge on any atom is 0.306 e. The number of pyridine rings is 2. The van der Waals surface area contributed by atoms with Crippen LogP contribution in [0.1, 0.15) is 13.3 Å². The van der Waals surface area contributed by atoms with Gasteiger partial charge in [-0.05, 0) is 18.2 Å². The van der Waals surface area contributed by atoms with Crippen LogP contribution < -0.4 is 29.6 Å². The Morgan fingerprint density at radius 1 is 1.12 bits per heavy atom. The molecule has 2 aromatic heterocycles. The van der Waals surface area contributed by atoms with E-state index in [-0.39, 0.29) is 11.3 Å². The Bertz CT molecular complexity index is 1120. The van der Waals surface area contributed by atoms with Crippen molar-refractivity contribution in [1.29, 1.82) is 0 Å². The highest BCUT2D eigenvalue weighted by Crippen LogP contribution is 2.40. The minimum absolute atomic E-state index is 0.246. The molecule has 0 aliphatic rings. The molecule has 0 radical (unpaired) electrons. The third-order valence-electron chi connectivity index (χ3n) is 5.02. The molecule has 1 aromatic carbocycles. The molecular weight excluding hydrogens is 432 g/mol. The summed E-state index contributed by atoms with van der Waals surface area (Å²) in [5.41, 5.74) is 0.181. The quantitative estimate of drug-likeness (QED) is 0.429. The first-order valence-electron chi connectivity index (χ1n) is 10.2. The van der Waals surface area contributed by atoms with E-state index in [9.17, 15) is 9.90 Å². The SMILES string of the molecule is CCCn1c(=O)c([S+](C)CCOc2cc(OC)c(OC)c(OC)c2)c([O-])c2cccnc21. The van der Waals surface area contributed by atoms with E-state index in [1.54, 1.807) is 35.0 Å². The minimum Gasteiger partial charge on any atom is -0.868 e. The van der Waals surface area contributed by atoms with E-state index in [0.29, 0.717) is 57.8 Å². The fourth-order valence-corrected chi connectivity index (χ4v) is 4.86. The standard InChI is InChI=1S/C23H28N2O6S/c1-6-10-25-22-16(8-7-9-24-22)19(26)21(23(25)27)32(5)12-11-31-15-13-17(28-2)20(30-4)18(14-15)29-3/h7-9,13-14H,6,10-12H2,1-5H3. The summed E-state index contributed by atoms with van der Waals surface area (Å²) in [5.74, 6) is 2.27. The molecule has 9 heteroatoms. The molecule has 0 aliphatic heterocycles. The lowest BCUT2D eigenvalue weighted by molar-refractivity contribution is -0.270. The molecule has 0 amide bonds. The Morgan fingerprint density at radius 2 is 1.81 bits per heavy atom. The molecule has 0 saturated carbocycles. The van der Waals surface area contributed by atoms with Crippen molar-refractivity contribution in [2.75, 3.05) is 39.9 Å². The lowest BCUT2D eigenvalue weighted by Crippen LogP contribution is -2.30. The number of hydrogen-bond acceptors (Lipinski definition) is 7. The fourth-order valence-electron chi connectivity index (χ4n) is 3.49. The number of aromatic nitrogens is 2. The summed E-state index contributed by atoms with van der Waals surface area (Å²) < 4.78 is 23.5. The van der Waals surface area contributed by atoms with Gasteiger partial charge in [-0.1, -0.05) is 13.0 Å². The average molecular weight is 461 g/mol. The predicted molar refractivity (Wildman–Crippen MR) is 124 cm³/mol. The fraction of sp³-hybridized carbons (Fsp3) is 0.391. The lowest BCUT2D eigenvalue weighted by atomic mass is 10.2. The summed E-state index contributed by atoms with van der Waals surface area (Å²) in [5, 5.41) is 13.6. The summed E-state index contributed by atoms with van der Waals surface area (Å²) in [6.45, 7) is 2.82. The van der Waals surface area contributed by atoms with Crippen LogP contribution in [0, 0.1) is 0 Å². The number of ether oxygens (including phenoxy) is 4. The Labute approximate surface area is 190 Å². The van der Waals surface area contributed by atoms with Gasteiger partial charge in [0.25, 0.3) is 0 Å². The maximum absolute atomic E-state index is 13.1. The van der Waals surface area contributed by atoms with Crippen molar-refractivity contribution in [3.63, 3.8) is 0 Å². The molecular formula is C23H28N2O6S. The monoisotopic (exact) mass is 460 g/mol. The molecule has 3 aromatic rings. The second-order valence-electron chi connectivity index (χ2n) is 7.04. The zero-order valence-electron chi connectivity index (χ0n) is 19.0. The molecule has 3 rings (SSSR count). The second-order valence-corrected chi connectivity index (χ2v) is 9.13. The zero-order valence-corrected chi connectivity index (χ0v) is 19.8. The third kappa shape index (κ3) is 4.57. The van der Waals surface area contributed by atoms with Crippen molar-refractivity contribution in [3.05, 3.63) is 40.8 Å².